The van der Waals surface area contributed by atoms with Gasteiger partial charge in [-0.15, -0.1) is 0 Å². The standard InChI is InChI=1S/C16H23NO5/c1-3-4-12-21-16(19)17-14(10-11-15(18)20-2)22-13-8-6-5-7-9-13/h5-9,14H,3-4,10-12H2,1-2H3,(H,17,19). The predicted molar refractivity (Wildman–Crippen MR) is 81.5 cm³/mol. The first-order valence-corrected chi connectivity index (χ1v) is 7.37. The number of hydrogen-bond acceptors (Lipinski definition) is 5. The molecule has 0 spiro atoms. The number of methoxy groups -OCH3 is 1. The van der Waals surface area contributed by atoms with Crippen LogP contribution >= 0.6 is 0 Å². The minimum Gasteiger partial charge on any atom is -0.471 e. The van der Waals surface area contributed by atoms with Crippen LogP contribution in [0.3, 0.4) is 0 Å². The fourth-order valence-corrected chi connectivity index (χ4v) is 1.66. The predicted octanol–water partition coefficient (Wildman–Crippen LogP) is 2.87. The number of esters is 1. The van der Waals surface area contributed by atoms with Crippen molar-refractivity contribution >= 4 is 12.1 Å². The van der Waals surface area contributed by atoms with E-state index >= 15 is 0 Å². The molecule has 0 fully saturated rings. The van der Waals surface area contributed by atoms with Gasteiger partial charge in [0.05, 0.1) is 20.1 Å². The third-order valence-electron chi connectivity index (χ3n) is 2.87. The van der Waals surface area contributed by atoms with E-state index in [1.54, 1.807) is 12.1 Å². The SMILES string of the molecule is CCCCOC(=O)NC(CCC(=O)OC)Oc1ccccc1. The second kappa shape index (κ2) is 10.5. The van der Waals surface area contributed by atoms with Crippen LogP contribution in [0.1, 0.15) is 32.6 Å². The summed E-state index contributed by atoms with van der Waals surface area (Å²) in [5.41, 5.74) is 0. The van der Waals surface area contributed by atoms with Crippen LogP contribution in [0.4, 0.5) is 4.79 Å². The Morgan fingerprint density at radius 1 is 1.23 bits per heavy atom. The molecule has 122 valence electrons. The Kier molecular flexibility index (Phi) is 8.49. The molecule has 0 aliphatic heterocycles. The lowest BCUT2D eigenvalue weighted by molar-refractivity contribution is -0.141. The Labute approximate surface area is 130 Å². The minimum absolute atomic E-state index is 0.142. The number of benzene rings is 1. The highest BCUT2D eigenvalue weighted by Crippen LogP contribution is 2.12. The van der Waals surface area contributed by atoms with Gasteiger partial charge < -0.3 is 14.2 Å². The van der Waals surface area contributed by atoms with Crippen LogP contribution in [0.2, 0.25) is 0 Å². The molecule has 6 heteroatoms. The molecule has 1 N–H and O–H groups in total. The summed E-state index contributed by atoms with van der Waals surface area (Å²) in [4.78, 5) is 22.9. The summed E-state index contributed by atoms with van der Waals surface area (Å²) >= 11 is 0. The molecule has 22 heavy (non-hydrogen) atoms. The second-order valence-corrected chi connectivity index (χ2v) is 4.67. The fourth-order valence-electron chi connectivity index (χ4n) is 1.66. The summed E-state index contributed by atoms with van der Waals surface area (Å²) in [5.74, 6) is 0.244. The van der Waals surface area contributed by atoms with Gasteiger partial charge in [-0.05, 0) is 18.6 Å². The number of nitrogens with one attached hydrogen (secondary N) is 1. The highest BCUT2D eigenvalue weighted by Gasteiger charge is 2.16. The van der Waals surface area contributed by atoms with Crippen molar-refractivity contribution in [1.29, 1.82) is 0 Å². The first kappa shape index (κ1) is 17.8. The molecule has 1 aromatic rings. The molecule has 0 radical (unpaired) electrons. The van der Waals surface area contributed by atoms with Crippen LogP contribution in [0.25, 0.3) is 0 Å². The molecule has 0 aliphatic carbocycles. The molecule has 0 bridgehead atoms. The van der Waals surface area contributed by atoms with Gasteiger partial charge >= 0.3 is 12.1 Å². The van der Waals surface area contributed by atoms with Gasteiger partial charge in [-0.1, -0.05) is 31.5 Å². The maximum absolute atomic E-state index is 11.7. The van der Waals surface area contributed by atoms with Crippen LogP contribution in [0.5, 0.6) is 5.75 Å². The molecule has 1 aromatic carbocycles. The monoisotopic (exact) mass is 309 g/mol. The van der Waals surface area contributed by atoms with Crippen molar-refractivity contribution in [3.05, 3.63) is 30.3 Å². The molecule has 0 heterocycles. The molecule has 1 amide bonds. The molecule has 1 atom stereocenters. The van der Waals surface area contributed by atoms with Crippen LogP contribution in [-0.2, 0) is 14.3 Å². The summed E-state index contributed by atoms with van der Waals surface area (Å²) in [5, 5.41) is 2.61. The normalized spacial score (nSPS) is 11.4. The van der Waals surface area contributed by atoms with Crippen molar-refractivity contribution in [2.45, 2.75) is 38.8 Å². The summed E-state index contributed by atoms with van der Waals surface area (Å²) in [6.45, 7) is 2.37. The molecule has 6 nitrogen and oxygen atoms in total. The molecule has 1 rings (SSSR count). The van der Waals surface area contributed by atoms with Gasteiger partial charge in [-0.25, -0.2) is 4.79 Å². The highest BCUT2D eigenvalue weighted by atomic mass is 16.6. The topological polar surface area (TPSA) is 73.9 Å². The summed E-state index contributed by atoms with van der Waals surface area (Å²) in [6.07, 6.45) is 0.974. The largest absolute Gasteiger partial charge is 0.471 e. The van der Waals surface area contributed by atoms with Crippen molar-refractivity contribution in [2.24, 2.45) is 0 Å². The summed E-state index contributed by atoms with van der Waals surface area (Å²) in [7, 11) is 1.32. The van der Waals surface area contributed by atoms with Crippen molar-refractivity contribution in [1.82, 2.24) is 5.32 Å². The molecular weight excluding hydrogens is 286 g/mol. The van der Waals surface area contributed by atoms with Gasteiger partial charge in [-0.2, -0.15) is 0 Å². The first-order valence-electron chi connectivity index (χ1n) is 7.37. The Balaban J connectivity index is 2.53. The van der Waals surface area contributed by atoms with Gasteiger partial charge in [0.1, 0.15) is 5.75 Å². The van der Waals surface area contributed by atoms with Crippen LogP contribution in [0, 0.1) is 0 Å². The quantitative estimate of drug-likeness (QED) is 0.431. The average molecular weight is 309 g/mol. The average Bonchev–Trinajstić information content (AvgIpc) is 2.53. The van der Waals surface area contributed by atoms with E-state index in [0.29, 0.717) is 18.8 Å². The number of rotatable bonds is 9. The Morgan fingerprint density at radius 2 is 1.95 bits per heavy atom. The number of carbonyl (C=O) groups excluding carboxylic acids is 2. The Hall–Kier alpha value is -2.24. The Bertz CT molecular complexity index is 449. The van der Waals surface area contributed by atoms with Gasteiger partial charge in [0.25, 0.3) is 0 Å². The highest BCUT2D eigenvalue weighted by molar-refractivity contribution is 5.70. The van der Waals surface area contributed by atoms with Crippen LogP contribution < -0.4 is 10.1 Å². The minimum atomic E-state index is -0.657. The number of alkyl carbamates (subject to hydrolysis) is 1. The number of ether oxygens (including phenoxy) is 3. The van der Waals surface area contributed by atoms with Crippen LogP contribution in [-0.4, -0.2) is 32.0 Å². The van der Waals surface area contributed by atoms with Gasteiger partial charge in [-0.3, -0.25) is 10.1 Å². The first-order chi connectivity index (χ1) is 10.7. The van der Waals surface area contributed by atoms with Crippen molar-refractivity contribution in [2.75, 3.05) is 13.7 Å². The molecule has 0 saturated carbocycles. The fraction of sp³-hybridized carbons (Fsp3) is 0.500. The van der Waals surface area contributed by atoms with E-state index < -0.39 is 12.3 Å². The zero-order valence-electron chi connectivity index (χ0n) is 13.0. The van der Waals surface area contributed by atoms with Crippen molar-refractivity contribution in [3.8, 4) is 5.75 Å². The molecular formula is C16H23NO5. The van der Waals surface area contributed by atoms with E-state index in [1.165, 1.54) is 7.11 Å². The summed E-state index contributed by atoms with van der Waals surface area (Å²) in [6, 6.07) is 9.06. The zero-order chi connectivity index (χ0) is 16.2. The van der Waals surface area contributed by atoms with Gasteiger partial charge in [0, 0.05) is 6.42 Å². The van der Waals surface area contributed by atoms with E-state index in [1.807, 2.05) is 25.1 Å². The lowest BCUT2D eigenvalue weighted by Gasteiger charge is -2.20. The zero-order valence-corrected chi connectivity index (χ0v) is 13.0. The molecule has 0 aromatic heterocycles. The van der Waals surface area contributed by atoms with Crippen LogP contribution in [0.15, 0.2) is 30.3 Å². The van der Waals surface area contributed by atoms with Crippen molar-refractivity contribution in [3.63, 3.8) is 0 Å². The second-order valence-electron chi connectivity index (χ2n) is 4.67. The van der Waals surface area contributed by atoms with Gasteiger partial charge in [0.2, 0.25) is 0 Å². The number of hydrogen-bond donors (Lipinski definition) is 1. The molecule has 0 aliphatic rings. The maximum Gasteiger partial charge on any atom is 0.409 e. The molecule has 1 unspecified atom stereocenters. The lowest BCUT2D eigenvalue weighted by atomic mass is 10.2. The maximum atomic E-state index is 11.7. The molecule has 0 saturated heterocycles. The lowest BCUT2D eigenvalue weighted by Crippen LogP contribution is -2.40. The Morgan fingerprint density at radius 3 is 2.59 bits per heavy atom. The third kappa shape index (κ3) is 7.52. The van der Waals surface area contributed by atoms with E-state index in [9.17, 15) is 9.59 Å². The van der Waals surface area contributed by atoms with E-state index in [4.69, 9.17) is 9.47 Å². The smallest absolute Gasteiger partial charge is 0.409 e. The van der Waals surface area contributed by atoms with E-state index in [2.05, 4.69) is 10.1 Å². The number of amides is 1. The summed E-state index contributed by atoms with van der Waals surface area (Å²) < 4.78 is 15.3. The number of para-hydroxylation sites is 1. The van der Waals surface area contributed by atoms with Crippen molar-refractivity contribution < 1.29 is 23.8 Å². The number of unbranched alkanes of at least 4 members (excludes halogenated alkanes) is 1. The van der Waals surface area contributed by atoms with E-state index in [0.717, 1.165) is 12.8 Å². The van der Waals surface area contributed by atoms with Gasteiger partial charge in [0.15, 0.2) is 6.23 Å². The third-order valence-corrected chi connectivity index (χ3v) is 2.87. The van der Waals surface area contributed by atoms with E-state index in [-0.39, 0.29) is 12.4 Å². The number of carbonyl (C=O) groups is 2.